The number of hydrogen-bond acceptors (Lipinski definition) is 2. The van der Waals surface area contributed by atoms with Crippen molar-refractivity contribution in [2.24, 2.45) is 0 Å². The molecule has 0 aromatic heterocycles. The SMILES string of the molecule is Cc1cc(C)cc(OCCC(=O)c2ccccc2)c1. The van der Waals surface area contributed by atoms with Crippen molar-refractivity contribution >= 4 is 5.78 Å². The molecule has 2 nitrogen and oxygen atoms in total. The molecule has 2 heteroatoms. The van der Waals surface area contributed by atoms with Crippen LogP contribution in [-0.4, -0.2) is 12.4 Å². The minimum Gasteiger partial charge on any atom is -0.493 e. The van der Waals surface area contributed by atoms with Gasteiger partial charge in [0.05, 0.1) is 6.61 Å². The van der Waals surface area contributed by atoms with Gasteiger partial charge in [0, 0.05) is 12.0 Å². The summed E-state index contributed by atoms with van der Waals surface area (Å²) in [5.41, 5.74) is 3.08. The van der Waals surface area contributed by atoms with Gasteiger partial charge in [-0.05, 0) is 37.1 Å². The zero-order valence-corrected chi connectivity index (χ0v) is 11.3. The fraction of sp³-hybridized carbons (Fsp3) is 0.235. The van der Waals surface area contributed by atoms with E-state index in [1.807, 2.05) is 56.3 Å². The van der Waals surface area contributed by atoms with E-state index in [1.165, 1.54) is 11.1 Å². The number of ether oxygens (including phenoxy) is 1. The fourth-order valence-corrected chi connectivity index (χ4v) is 2.05. The van der Waals surface area contributed by atoms with Gasteiger partial charge in [-0.15, -0.1) is 0 Å². The molecule has 0 aliphatic heterocycles. The number of hydrogen-bond donors (Lipinski definition) is 0. The van der Waals surface area contributed by atoms with Crippen LogP contribution in [0.25, 0.3) is 0 Å². The van der Waals surface area contributed by atoms with E-state index in [0.717, 1.165) is 11.3 Å². The molecule has 0 fully saturated rings. The van der Waals surface area contributed by atoms with Crippen LogP contribution in [0.2, 0.25) is 0 Å². The lowest BCUT2D eigenvalue weighted by Gasteiger charge is -2.08. The standard InChI is InChI=1S/C17H18O2/c1-13-10-14(2)12-16(11-13)19-9-8-17(18)15-6-4-3-5-7-15/h3-7,10-12H,8-9H2,1-2H3. The van der Waals surface area contributed by atoms with Crippen LogP contribution in [0.1, 0.15) is 27.9 Å². The smallest absolute Gasteiger partial charge is 0.166 e. The van der Waals surface area contributed by atoms with E-state index < -0.39 is 0 Å². The minimum absolute atomic E-state index is 0.116. The van der Waals surface area contributed by atoms with Crippen LogP contribution in [-0.2, 0) is 0 Å². The lowest BCUT2D eigenvalue weighted by Crippen LogP contribution is -2.06. The molecule has 0 unspecified atom stereocenters. The van der Waals surface area contributed by atoms with Gasteiger partial charge in [-0.2, -0.15) is 0 Å². The minimum atomic E-state index is 0.116. The van der Waals surface area contributed by atoms with Crippen molar-refractivity contribution in [3.8, 4) is 5.75 Å². The van der Waals surface area contributed by atoms with Crippen LogP contribution < -0.4 is 4.74 Å². The van der Waals surface area contributed by atoms with Crippen LogP contribution in [0.15, 0.2) is 48.5 Å². The van der Waals surface area contributed by atoms with E-state index >= 15 is 0 Å². The highest BCUT2D eigenvalue weighted by Gasteiger charge is 2.05. The van der Waals surface area contributed by atoms with Crippen LogP contribution >= 0.6 is 0 Å². The Morgan fingerprint density at radius 1 is 1.00 bits per heavy atom. The molecule has 0 atom stereocenters. The zero-order valence-electron chi connectivity index (χ0n) is 11.3. The number of ketones is 1. The summed E-state index contributed by atoms with van der Waals surface area (Å²) in [5.74, 6) is 0.948. The lowest BCUT2D eigenvalue weighted by molar-refractivity contribution is 0.0962. The van der Waals surface area contributed by atoms with E-state index in [2.05, 4.69) is 6.07 Å². The van der Waals surface area contributed by atoms with Crippen LogP contribution in [0.4, 0.5) is 0 Å². The molecule has 0 spiro atoms. The first-order valence-electron chi connectivity index (χ1n) is 6.44. The van der Waals surface area contributed by atoms with Crippen molar-refractivity contribution in [3.63, 3.8) is 0 Å². The summed E-state index contributed by atoms with van der Waals surface area (Å²) in [5, 5.41) is 0. The van der Waals surface area contributed by atoms with Crippen molar-refractivity contribution in [2.45, 2.75) is 20.3 Å². The number of carbonyl (C=O) groups is 1. The fourth-order valence-electron chi connectivity index (χ4n) is 2.05. The summed E-state index contributed by atoms with van der Waals surface area (Å²) in [7, 11) is 0. The van der Waals surface area contributed by atoms with Gasteiger partial charge < -0.3 is 4.74 Å². The van der Waals surface area contributed by atoms with Crippen LogP contribution in [0, 0.1) is 13.8 Å². The molecule has 98 valence electrons. The van der Waals surface area contributed by atoms with Crippen molar-refractivity contribution in [2.75, 3.05) is 6.61 Å². The summed E-state index contributed by atoms with van der Waals surface area (Å²) < 4.78 is 5.64. The lowest BCUT2D eigenvalue weighted by atomic mass is 10.1. The molecule has 0 amide bonds. The second-order valence-electron chi connectivity index (χ2n) is 4.71. The van der Waals surface area contributed by atoms with Gasteiger partial charge in [-0.3, -0.25) is 4.79 Å². The molecule has 19 heavy (non-hydrogen) atoms. The highest BCUT2D eigenvalue weighted by molar-refractivity contribution is 5.96. The van der Waals surface area contributed by atoms with Crippen molar-refractivity contribution < 1.29 is 9.53 Å². The quantitative estimate of drug-likeness (QED) is 0.755. The molecule has 2 rings (SSSR count). The normalized spacial score (nSPS) is 10.2. The Hall–Kier alpha value is -2.09. The van der Waals surface area contributed by atoms with Crippen molar-refractivity contribution in [1.82, 2.24) is 0 Å². The van der Waals surface area contributed by atoms with Gasteiger partial charge in [-0.1, -0.05) is 36.4 Å². The van der Waals surface area contributed by atoms with Gasteiger partial charge in [0.1, 0.15) is 5.75 Å². The van der Waals surface area contributed by atoms with Gasteiger partial charge in [0.15, 0.2) is 5.78 Å². The molecule has 2 aromatic carbocycles. The van der Waals surface area contributed by atoms with E-state index in [0.29, 0.717) is 13.0 Å². The maximum Gasteiger partial charge on any atom is 0.166 e. The first kappa shape index (κ1) is 13.3. The van der Waals surface area contributed by atoms with Gasteiger partial charge in [0.2, 0.25) is 0 Å². The third-order valence-corrected chi connectivity index (χ3v) is 2.89. The number of Topliss-reactive ketones (excluding diaryl/α,β-unsaturated/α-hetero) is 1. The highest BCUT2D eigenvalue weighted by atomic mass is 16.5. The molecule has 0 N–H and O–H groups in total. The number of aryl methyl sites for hydroxylation is 2. The molecule has 0 saturated carbocycles. The molecule has 0 aliphatic carbocycles. The predicted octanol–water partition coefficient (Wildman–Crippen LogP) is 3.96. The first-order valence-corrected chi connectivity index (χ1v) is 6.44. The highest BCUT2D eigenvalue weighted by Crippen LogP contribution is 2.16. The van der Waals surface area contributed by atoms with E-state index in [9.17, 15) is 4.79 Å². The molecule has 0 bridgehead atoms. The summed E-state index contributed by atoms with van der Waals surface area (Å²) in [6.45, 7) is 4.49. The Kier molecular flexibility index (Phi) is 4.35. The average Bonchev–Trinajstić information content (AvgIpc) is 2.38. The summed E-state index contributed by atoms with van der Waals surface area (Å²) in [4.78, 5) is 11.9. The second-order valence-corrected chi connectivity index (χ2v) is 4.71. The molecule has 0 saturated heterocycles. The molecule has 0 aliphatic rings. The maximum atomic E-state index is 11.9. The van der Waals surface area contributed by atoms with Crippen molar-refractivity contribution in [3.05, 3.63) is 65.2 Å². The number of carbonyl (C=O) groups excluding carboxylic acids is 1. The van der Waals surface area contributed by atoms with E-state index in [4.69, 9.17) is 4.74 Å². The molecule has 0 heterocycles. The van der Waals surface area contributed by atoms with Gasteiger partial charge >= 0.3 is 0 Å². The van der Waals surface area contributed by atoms with E-state index in [-0.39, 0.29) is 5.78 Å². The Morgan fingerprint density at radius 3 is 2.26 bits per heavy atom. The number of benzene rings is 2. The zero-order chi connectivity index (χ0) is 13.7. The van der Waals surface area contributed by atoms with Crippen LogP contribution in [0.5, 0.6) is 5.75 Å². The van der Waals surface area contributed by atoms with Crippen LogP contribution in [0.3, 0.4) is 0 Å². The van der Waals surface area contributed by atoms with Crippen molar-refractivity contribution in [1.29, 1.82) is 0 Å². The Labute approximate surface area is 114 Å². The maximum absolute atomic E-state index is 11.9. The average molecular weight is 254 g/mol. The summed E-state index contributed by atoms with van der Waals surface area (Å²) >= 11 is 0. The molecular formula is C17H18O2. The molecule has 2 aromatic rings. The molecular weight excluding hydrogens is 236 g/mol. The second kappa shape index (κ2) is 6.19. The van der Waals surface area contributed by atoms with Gasteiger partial charge in [-0.25, -0.2) is 0 Å². The van der Waals surface area contributed by atoms with Gasteiger partial charge in [0.25, 0.3) is 0 Å². The predicted molar refractivity (Wildman–Crippen MR) is 76.8 cm³/mol. The van der Waals surface area contributed by atoms with E-state index in [1.54, 1.807) is 0 Å². The third kappa shape index (κ3) is 3.95. The Balaban J connectivity index is 1.88. The Morgan fingerprint density at radius 2 is 1.63 bits per heavy atom. The first-order chi connectivity index (χ1) is 9.15. The molecule has 0 radical (unpaired) electrons. The number of rotatable bonds is 5. The monoisotopic (exact) mass is 254 g/mol. The summed E-state index contributed by atoms with van der Waals surface area (Å²) in [6, 6.07) is 15.4. The third-order valence-electron chi connectivity index (χ3n) is 2.89. The summed E-state index contributed by atoms with van der Waals surface area (Å²) in [6.07, 6.45) is 0.400. The largest absolute Gasteiger partial charge is 0.493 e. The topological polar surface area (TPSA) is 26.3 Å². The Bertz CT molecular complexity index is 538.